The lowest BCUT2D eigenvalue weighted by atomic mass is 9.96. The maximum absolute atomic E-state index is 12.2. The fourth-order valence-corrected chi connectivity index (χ4v) is 3.49. The molecule has 5 heteroatoms. The molecule has 2 rings (SSSR count). The zero-order valence-electron chi connectivity index (χ0n) is 13.0. The summed E-state index contributed by atoms with van der Waals surface area (Å²) in [5.41, 5.74) is -0.483. The second kappa shape index (κ2) is 6.87. The van der Waals surface area contributed by atoms with E-state index in [1.54, 1.807) is 0 Å². The normalized spacial score (nSPS) is 33.8. The molecule has 0 spiro atoms. The molecule has 1 saturated carbocycles. The standard InChI is InChI=1S/C15H28N2O3/c1-4-8-16-15(14(18)19-3)7-5-12(10-15)17(2)13-6-9-20-11-13/h12-13,16H,4-11H2,1-3H3. The Hall–Kier alpha value is -0.650. The van der Waals surface area contributed by atoms with Crippen molar-refractivity contribution in [1.29, 1.82) is 0 Å². The molecule has 116 valence electrons. The Kier molecular flexibility index (Phi) is 5.41. The number of ether oxygens (including phenoxy) is 2. The molecule has 0 amide bonds. The summed E-state index contributed by atoms with van der Waals surface area (Å²) in [6, 6.07) is 0.935. The van der Waals surface area contributed by atoms with Gasteiger partial charge in [0.05, 0.1) is 13.7 Å². The second-order valence-electron chi connectivity index (χ2n) is 6.08. The highest BCUT2D eigenvalue weighted by Crippen LogP contribution is 2.35. The zero-order chi connectivity index (χ0) is 14.6. The predicted octanol–water partition coefficient (Wildman–Crippen LogP) is 1.17. The summed E-state index contributed by atoms with van der Waals surface area (Å²) in [6.07, 6.45) is 4.87. The van der Waals surface area contributed by atoms with E-state index in [9.17, 15) is 4.79 Å². The zero-order valence-corrected chi connectivity index (χ0v) is 13.0. The Balaban J connectivity index is 2.00. The van der Waals surface area contributed by atoms with Crippen molar-refractivity contribution in [2.45, 2.75) is 56.7 Å². The Morgan fingerprint density at radius 2 is 2.25 bits per heavy atom. The summed E-state index contributed by atoms with van der Waals surface area (Å²) in [4.78, 5) is 14.6. The lowest BCUT2D eigenvalue weighted by Crippen LogP contribution is -2.52. The van der Waals surface area contributed by atoms with Crippen LogP contribution in [0.5, 0.6) is 0 Å². The first-order chi connectivity index (χ1) is 9.63. The molecule has 2 aliphatic rings. The quantitative estimate of drug-likeness (QED) is 0.742. The molecule has 1 saturated heterocycles. The van der Waals surface area contributed by atoms with E-state index in [0.29, 0.717) is 12.1 Å². The second-order valence-corrected chi connectivity index (χ2v) is 6.08. The first-order valence-corrected chi connectivity index (χ1v) is 7.76. The Labute approximate surface area is 122 Å². The van der Waals surface area contributed by atoms with Crippen LogP contribution in [0.4, 0.5) is 0 Å². The van der Waals surface area contributed by atoms with Crippen LogP contribution >= 0.6 is 0 Å². The van der Waals surface area contributed by atoms with Crippen LogP contribution in [-0.4, -0.2) is 62.4 Å². The van der Waals surface area contributed by atoms with Gasteiger partial charge in [-0.3, -0.25) is 9.69 Å². The molecular weight excluding hydrogens is 256 g/mol. The van der Waals surface area contributed by atoms with Gasteiger partial charge in [0.1, 0.15) is 5.54 Å². The minimum atomic E-state index is -0.483. The van der Waals surface area contributed by atoms with Gasteiger partial charge in [-0.15, -0.1) is 0 Å². The molecule has 0 aromatic carbocycles. The number of hydrogen-bond donors (Lipinski definition) is 1. The summed E-state index contributed by atoms with van der Waals surface area (Å²) in [5, 5.41) is 3.44. The van der Waals surface area contributed by atoms with Gasteiger partial charge >= 0.3 is 5.97 Å². The minimum absolute atomic E-state index is 0.107. The highest BCUT2D eigenvalue weighted by molar-refractivity contribution is 5.81. The first kappa shape index (κ1) is 15.7. The van der Waals surface area contributed by atoms with E-state index in [1.807, 2.05) is 0 Å². The Morgan fingerprint density at radius 1 is 1.45 bits per heavy atom. The van der Waals surface area contributed by atoms with Gasteiger partial charge in [-0.25, -0.2) is 0 Å². The number of carbonyl (C=O) groups excluding carboxylic acids is 1. The number of nitrogens with zero attached hydrogens (tertiary/aromatic N) is 1. The fourth-order valence-electron chi connectivity index (χ4n) is 3.49. The molecule has 0 radical (unpaired) electrons. The van der Waals surface area contributed by atoms with Crippen molar-refractivity contribution in [2.75, 3.05) is 33.9 Å². The van der Waals surface area contributed by atoms with Gasteiger partial charge < -0.3 is 14.8 Å². The topological polar surface area (TPSA) is 50.8 Å². The van der Waals surface area contributed by atoms with Crippen molar-refractivity contribution in [1.82, 2.24) is 10.2 Å². The molecule has 5 nitrogen and oxygen atoms in total. The van der Waals surface area contributed by atoms with Gasteiger partial charge in [-0.1, -0.05) is 6.92 Å². The molecular formula is C15H28N2O3. The predicted molar refractivity (Wildman–Crippen MR) is 77.7 cm³/mol. The molecule has 0 bridgehead atoms. The maximum atomic E-state index is 12.2. The first-order valence-electron chi connectivity index (χ1n) is 7.76. The van der Waals surface area contributed by atoms with Crippen LogP contribution in [0.25, 0.3) is 0 Å². The summed E-state index contributed by atoms with van der Waals surface area (Å²) >= 11 is 0. The summed E-state index contributed by atoms with van der Waals surface area (Å²) in [7, 11) is 3.65. The van der Waals surface area contributed by atoms with Gasteiger partial charge in [0.15, 0.2) is 0 Å². The third kappa shape index (κ3) is 3.15. The molecule has 0 aromatic rings. The number of methoxy groups -OCH3 is 1. The van der Waals surface area contributed by atoms with Gasteiger partial charge in [-0.05, 0) is 45.7 Å². The SMILES string of the molecule is CCCNC1(C(=O)OC)CCC(N(C)C2CCOC2)C1. The van der Waals surface area contributed by atoms with Gasteiger partial charge in [0.2, 0.25) is 0 Å². The molecule has 3 unspecified atom stereocenters. The smallest absolute Gasteiger partial charge is 0.326 e. The molecule has 0 aromatic heterocycles. The van der Waals surface area contributed by atoms with Crippen LogP contribution in [-0.2, 0) is 14.3 Å². The van der Waals surface area contributed by atoms with E-state index in [2.05, 4.69) is 24.2 Å². The van der Waals surface area contributed by atoms with Crippen molar-refractivity contribution in [3.8, 4) is 0 Å². The molecule has 1 aliphatic heterocycles. The molecule has 3 atom stereocenters. The largest absolute Gasteiger partial charge is 0.468 e. The van der Waals surface area contributed by atoms with E-state index in [1.165, 1.54) is 7.11 Å². The van der Waals surface area contributed by atoms with E-state index < -0.39 is 5.54 Å². The van der Waals surface area contributed by atoms with Crippen LogP contribution in [0.2, 0.25) is 0 Å². The lowest BCUT2D eigenvalue weighted by molar-refractivity contribution is -0.148. The van der Waals surface area contributed by atoms with Crippen LogP contribution in [0, 0.1) is 0 Å². The number of rotatable bonds is 6. The molecule has 1 heterocycles. The Morgan fingerprint density at radius 3 is 2.85 bits per heavy atom. The van der Waals surface area contributed by atoms with Crippen LogP contribution in [0.1, 0.15) is 39.0 Å². The molecule has 1 N–H and O–H groups in total. The molecule has 1 aliphatic carbocycles. The fraction of sp³-hybridized carbons (Fsp3) is 0.933. The highest BCUT2D eigenvalue weighted by Gasteiger charge is 2.47. The minimum Gasteiger partial charge on any atom is -0.468 e. The average molecular weight is 284 g/mol. The third-order valence-electron chi connectivity index (χ3n) is 4.84. The highest BCUT2D eigenvalue weighted by atomic mass is 16.5. The summed E-state index contributed by atoms with van der Waals surface area (Å²) in [5.74, 6) is -0.107. The van der Waals surface area contributed by atoms with E-state index in [4.69, 9.17) is 9.47 Å². The van der Waals surface area contributed by atoms with E-state index in [0.717, 1.165) is 51.9 Å². The molecule has 20 heavy (non-hydrogen) atoms. The van der Waals surface area contributed by atoms with Crippen LogP contribution in [0.3, 0.4) is 0 Å². The number of likely N-dealkylation sites (N-methyl/N-ethyl adjacent to an activating group) is 1. The third-order valence-corrected chi connectivity index (χ3v) is 4.84. The number of carbonyl (C=O) groups is 1. The van der Waals surface area contributed by atoms with Crippen molar-refractivity contribution in [2.24, 2.45) is 0 Å². The average Bonchev–Trinajstić information content (AvgIpc) is 3.13. The maximum Gasteiger partial charge on any atom is 0.326 e. The number of nitrogens with one attached hydrogen (secondary N) is 1. The van der Waals surface area contributed by atoms with Crippen molar-refractivity contribution in [3.05, 3.63) is 0 Å². The van der Waals surface area contributed by atoms with Crippen molar-refractivity contribution >= 4 is 5.97 Å². The van der Waals surface area contributed by atoms with Gasteiger partial charge in [0.25, 0.3) is 0 Å². The number of hydrogen-bond acceptors (Lipinski definition) is 5. The molecule has 2 fully saturated rings. The lowest BCUT2D eigenvalue weighted by Gasteiger charge is -2.32. The van der Waals surface area contributed by atoms with E-state index >= 15 is 0 Å². The van der Waals surface area contributed by atoms with Gasteiger partial charge in [-0.2, -0.15) is 0 Å². The summed E-state index contributed by atoms with van der Waals surface area (Å²) in [6.45, 7) is 4.66. The van der Waals surface area contributed by atoms with E-state index in [-0.39, 0.29) is 5.97 Å². The monoisotopic (exact) mass is 284 g/mol. The van der Waals surface area contributed by atoms with Crippen LogP contribution in [0.15, 0.2) is 0 Å². The number of esters is 1. The van der Waals surface area contributed by atoms with Crippen molar-refractivity contribution in [3.63, 3.8) is 0 Å². The summed E-state index contributed by atoms with van der Waals surface area (Å²) < 4.78 is 10.5. The van der Waals surface area contributed by atoms with Crippen molar-refractivity contribution < 1.29 is 14.3 Å². The van der Waals surface area contributed by atoms with Crippen LogP contribution < -0.4 is 5.32 Å². The van der Waals surface area contributed by atoms with Gasteiger partial charge in [0, 0.05) is 18.7 Å². The Bertz CT molecular complexity index is 331.